The number of aryl methyl sites for hydroxylation is 1. The van der Waals surface area contributed by atoms with Gasteiger partial charge in [0.1, 0.15) is 6.04 Å². The van der Waals surface area contributed by atoms with Crippen LogP contribution in [-0.4, -0.2) is 52.8 Å². The number of nitrogens with one attached hydrogen (secondary N) is 2. The minimum atomic E-state index is -3.74. The Balaban J connectivity index is 2.26. The lowest BCUT2D eigenvalue weighted by Crippen LogP contribution is -2.45. The number of nitrogens with zero attached hydrogens (tertiary/aromatic N) is 1. The molecule has 2 amide bonds. The van der Waals surface area contributed by atoms with E-state index >= 15 is 0 Å². The van der Waals surface area contributed by atoms with Crippen molar-refractivity contribution in [1.82, 2.24) is 5.32 Å². The van der Waals surface area contributed by atoms with Gasteiger partial charge in [-0.15, -0.1) is 0 Å². The Kier molecular flexibility index (Phi) is 8.58. The van der Waals surface area contributed by atoms with Crippen molar-refractivity contribution in [1.29, 1.82) is 0 Å². The van der Waals surface area contributed by atoms with Gasteiger partial charge in [-0.05, 0) is 43.2 Å². The van der Waals surface area contributed by atoms with Crippen molar-refractivity contribution < 1.29 is 22.7 Å². The maximum Gasteiger partial charge on any atom is 0.253 e. The Labute approximate surface area is 183 Å². The first-order chi connectivity index (χ1) is 14.7. The van der Waals surface area contributed by atoms with Crippen LogP contribution in [0.15, 0.2) is 48.5 Å². The number of methoxy groups -OCH3 is 1. The van der Waals surface area contributed by atoms with Gasteiger partial charge in [-0.1, -0.05) is 31.2 Å². The zero-order chi connectivity index (χ0) is 23.0. The van der Waals surface area contributed by atoms with Crippen LogP contribution >= 0.6 is 0 Å². The standard InChI is InChI=1S/C22H29N3O5S/c1-5-17-10-12-18(13-11-17)25(31(4,28)29)16(2)21(26)24-20-9-7-6-8-19(20)22(27)23-14-15-30-3/h6-13,16H,5,14-15H2,1-4H3,(H,23,27)(H,24,26). The van der Waals surface area contributed by atoms with E-state index in [4.69, 9.17) is 4.74 Å². The maximum atomic E-state index is 13.0. The normalized spacial score (nSPS) is 12.1. The van der Waals surface area contributed by atoms with E-state index in [-0.39, 0.29) is 11.5 Å². The van der Waals surface area contributed by atoms with E-state index in [0.29, 0.717) is 24.5 Å². The number of amides is 2. The van der Waals surface area contributed by atoms with Crippen LogP contribution in [-0.2, 0) is 26.0 Å². The molecule has 0 saturated carbocycles. The van der Waals surface area contributed by atoms with Crippen molar-refractivity contribution in [2.24, 2.45) is 0 Å². The van der Waals surface area contributed by atoms with Crippen molar-refractivity contribution in [2.75, 3.05) is 36.1 Å². The third-order valence-corrected chi connectivity index (χ3v) is 5.95. The van der Waals surface area contributed by atoms with E-state index in [1.54, 1.807) is 36.4 Å². The summed E-state index contributed by atoms with van der Waals surface area (Å²) < 4.78 is 30.9. The fraction of sp³-hybridized carbons (Fsp3) is 0.364. The van der Waals surface area contributed by atoms with Crippen molar-refractivity contribution in [2.45, 2.75) is 26.3 Å². The zero-order valence-corrected chi connectivity index (χ0v) is 19.0. The predicted octanol–water partition coefficient (Wildman–Crippen LogP) is 2.42. The molecule has 2 N–H and O–H groups in total. The van der Waals surface area contributed by atoms with Crippen molar-refractivity contribution in [3.63, 3.8) is 0 Å². The molecule has 0 radical (unpaired) electrons. The summed E-state index contributed by atoms with van der Waals surface area (Å²) in [5.74, 6) is -0.919. The van der Waals surface area contributed by atoms with Gasteiger partial charge in [0, 0.05) is 13.7 Å². The second-order valence-electron chi connectivity index (χ2n) is 7.04. The number of sulfonamides is 1. The summed E-state index contributed by atoms with van der Waals surface area (Å²) >= 11 is 0. The molecular formula is C22H29N3O5S. The summed E-state index contributed by atoms with van der Waals surface area (Å²) in [5.41, 5.74) is 2.03. The third kappa shape index (κ3) is 6.53. The molecule has 2 aromatic carbocycles. The molecule has 8 nitrogen and oxygen atoms in total. The first-order valence-electron chi connectivity index (χ1n) is 9.94. The van der Waals surface area contributed by atoms with Crippen LogP contribution in [0.1, 0.15) is 29.8 Å². The number of para-hydroxylation sites is 1. The van der Waals surface area contributed by atoms with Gasteiger partial charge < -0.3 is 15.4 Å². The predicted molar refractivity (Wildman–Crippen MR) is 122 cm³/mol. The summed E-state index contributed by atoms with van der Waals surface area (Å²) in [4.78, 5) is 25.4. The van der Waals surface area contributed by atoms with Gasteiger partial charge in [-0.3, -0.25) is 13.9 Å². The number of hydrogen-bond acceptors (Lipinski definition) is 5. The highest BCUT2D eigenvalue weighted by molar-refractivity contribution is 7.92. The van der Waals surface area contributed by atoms with Gasteiger partial charge in [0.25, 0.3) is 5.91 Å². The van der Waals surface area contributed by atoms with E-state index in [9.17, 15) is 18.0 Å². The summed E-state index contributed by atoms with van der Waals surface area (Å²) in [6, 6.07) is 12.5. The van der Waals surface area contributed by atoms with Crippen molar-refractivity contribution in [3.8, 4) is 0 Å². The fourth-order valence-electron chi connectivity index (χ4n) is 3.08. The Hall–Kier alpha value is -2.91. The van der Waals surface area contributed by atoms with E-state index in [2.05, 4.69) is 10.6 Å². The molecular weight excluding hydrogens is 418 g/mol. The van der Waals surface area contributed by atoms with Crippen LogP contribution in [0.5, 0.6) is 0 Å². The van der Waals surface area contributed by atoms with Crippen molar-refractivity contribution >= 4 is 33.2 Å². The molecule has 0 aromatic heterocycles. The third-order valence-electron chi connectivity index (χ3n) is 4.71. The molecule has 168 valence electrons. The Morgan fingerprint density at radius 3 is 2.32 bits per heavy atom. The SMILES string of the molecule is CCc1ccc(N(C(C)C(=O)Nc2ccccc2C(=O)NCCOC)S(C)(=O)=O)cc1. The van der Waals surface area contributed by atoms with Crippen LogP contribution in [0.4, 0.5) is 11.4 Å². The summed E-state index contributed by atoms with van der Waals surface area (Å²) in [6.45, 7) is 4.19. The quantitative estimate of drug-likeness (QED) is 0.544. The first-order valence-corrected chi connectivity index (χ1v) is 11.8. The second-order valence-corrected chi connectivity index (χ2v) is 8.90. The number of hydrogen-bond donors (Lipinski definition) is 2. The molecule has 0 bridgehead atoms. The van der Waals surface area contributed by atoms with E-state index in [1.165, 1.54) is 14.0 Å². The van der Waals surface area contributed by atoms with Crippen LogP contribution in [0.3, 0.4) is 0 Å². The van der Waals surface area contributed by atoms with Gasteiger partial charge in [0.15, 0.2) is 0 Å². The highest BCUT2D eigenvalue weighted by Crippen LogP contribution is 2.23. The lowest BCUT2D eigenvalue weighted by atomic mass is 10.1. The number of ether oxygens (including phenoxy) is 1. The zero-order valence-electron chi connectivity index (χ0n) is 18.2. The van der Waals surface area contributed by atoms with Gasteiger partial charge in [-0.2, -0.15) is 0 Å². The molecule has 0 fully saturated rings. The first kappa shape index (κ1) is 24.4. The lowest BCUT2D eigenvalue weighted by Gasteiger charge is -2.28. The second kappa shape index (κ2) is 10.9. The number of rotatable bonds is 10. The monoisotopic (exact) mass is 447 g/mol. The van der Waals surface area contributed by atoms with Crippen LogP contribution in [0, 0.1) is 0 Å². The number of anilines is 2. The average Bonchev–Trinajstić information content (AvgIpc) is 2.73. The summed E-state index contributed by atoms with van der Waals surface area (Å²) in [6.07, 6.45) is 1.88. The Morgan fingerprint density at radius 2 is 1.74 bits per heavy atom. The Morgan fingerprint density at radius 1 is 1.10 bits per heavy atom. The molecule has 31 heavy (non-hydrogen) atoms. The van der Waals surface area contributed by atoms with Gasteiger partial charge in [-0.25, -0.2) is 8.42 Å². The highest BCUT2D eigenvalue weighted by Gasteiger charge is 2.29. The molecule has 1 unspecified atom stereocenters. The highest BCUT2D eigenvalue weighted by atomic mass is 32.2. The molecule has 1 atom stereocenters. The molecule has 0 aliphatic carbocycles. The summed E-state index contributed by atoms with van der Waals surface area (Å²) in [5, 5.41) is 5.39. The Bertz CT molecular complexity index is 1010. The minimum Gasteiger partial charge on any atom is -0.383 e. The van der Waals surface area contributed by atoms with Crippen LogP contribution in [0.25, 0.3) is 0 Å². The van der Waals surface area contributed by atoms with Crippen LogP contribution < -0.4 is 14.9 Å². The molecule has 2 rings (SSSR count). The molecule has 0 heterocycles. The minimum absolute atomic E-state index is 0.275. The fourth-order valence-corrected chi connectivity index (χ4v) is 4.25. The average molecular weight is 448 g/mol. The molecule has 0 spiro atoms. The van der Waals surface area contributed by atoms with E-state index in [1.807, 2.05) is 19.1 Å². The number of carbonyl (C=O) groups excluding carboxylic acids is 2. The number of benzene rings is 2. The molecule has 0 saturated heterocycles. The number of carbonyl (C=O) groups is 2. The van der Waals surface area contributed by atoms with E-state index in [0.717, 1.165) is 22.5 Å². The van der Waals surface area contributed by atoms with Gasteiger partial charge >= 0.3 is 0 Å². The summed E-state index contributed by atoms with van der Waals surface area (Å²) in [7, 11) is -2.20. The van der Waals surface area contributed by atoms with Gasteiger partial charge in [0.2, 0.25) is 15.9 Å². The smallest absolute Gasteiger partial charge is 0.253 e. The molecule has 0 aliphatic heterocycles. The molecule has 9 heteroatoms. The topological polar surface area (TPSA) is 105 Å². The largest absolute Gasteiger partial charge is 0.383 e. The maximum absolute atomic E-state index is 13.0. The van der Waals surface area contributed by atoms with Gasteiger partial charge in [0.05, 0.1) is 29.8 Å². The van der Waals surface area contributed by atoms with Crippen LogP contribution in [0.2, 0.25) is 0 Å². The van der Waals surface area contributed by atoms with E-state index < -0.39 is 22.0 Å². The molecule has 2 aromatic rings. The van der Waals surface area contributed by atoms with Crippen molar-refractivity contribution in [3.05, 3.63) is 59.7 Å². The molecule has 0 aliphatic rings. The lowest BCUT2D eigenvalue weighted by molar-refractivity contribution is -0.116.